The van der Waals surface area contributed by atoms with Crippen LogP contribution in [0.2, 0.25) is 0 Å². The molecule has 1 aromatic rings. The van der Waals surface area contributed by atoms with Gasteiger partial charge in [0.15, 0.2) is 0 Å². The summed E-state index contributed by atoms with van der Waals surface area (Å²) in [6.45, 7) is 1.60. The van der Waals surface area contributed by atoms with E-state index in [2.05, 4.69) is 10.4 Å². The zero-order chi connectivity index (χ0) is 14.8. The van der Waals surface area contributed by atoms with E-state index < -0.39 is 14.9 Å². The lowest BCUT2D eigenvalue weighted by atomic mass is 10.4. The summed E-state index contributed by atoms with van der Waals surface area (Å²) < 4.78 is 25.6. The molecule has 0 aromatic carbocycles. The Morgan fingerprint density at radius 1 is 1.47 bits per heavy atom. The van der Waals surface area contributed by atoms with Crippen molar-refractivity contribution >= 4 is 21.5 Å². The summed E-state index contributed by atoms with van der Waals surface area (Å²) >= 11 is 0. The normalized spacial score (nSPS) is 11.8. The third-order valence-electron chi connectivity index (χ3n) is 2.58. The van der Waals surface area contributed by atoms with Crippen LogP contribution < -0.4 is 5.32 Å². The van der Waals surface area contributed by atoms with E-state index in [1.165, 1.54) is 25.7 Å². The molecule has 0 saturated carbocycles. The van der Waals surface area contributed by atoms with Crippen molar-refractivity contribution in [3.63, 3.8) is 0 Å². The Balaban J connectivity index is 2.82. The molecule has 0 aliphatic rings. The Morgan fingerprint density at radius 2 is 2.05 bits per heavy atom. The van der Waals surface area contributed by atoms with Gasteiger partial charge in [0.05, 0.1) is 10.7 Å². The number of nitrogens with zero attached hydrogens (tertiary/aromatic N) is 4. The first-order chi connectivity index (χ1) is 8.66. The topological polar surface area (TPSA) is 110 Å². The molecule has 10 heteroatoms. The maximum absolute atomic E-state index is 11.6. The second-order valence-corrected chi connectivity index (χ2v) is 6.49. The lowest BCUT2D eigenvalue weighted by molar-refractivity contribution is -0.384. The molecule has 108 valence electrons. The van der Waals surface area contributed by atoms with Gasteiger partial charge in [-0.3, -0.25) is 10.1 Å². The zero-order valence-corrected chi connectivity index (χ0v) is 12.1. The van der Waals surface area contributed by atoms with Gasteiger partial charge in [-0.05, 0) is 6.92 Å². The van der Waals surface area contributed by atoms with Crippen LogP contribution in [-0.4, -0.2) is 53.8 Å². The van der Waals surface area contributed by atoms with E-state index in [-0.39, 0.29) is 29.5 Å². The van der Waals surface area contributed by atoms with Crippen molar-refractivity contribution in [3.8, 4) is 0 Å². The first-order valence-electron chi connectivity index (χ1n) is 5.49. The molecule has 0 aliphatic heterocycles. The molecule has 0 aliphatic carbocycles. The van der Waals surface area contributed by atoms with E-state index in [9.17, 15) is 18.5 Å². The second kappa shape index (κ2) is 5.53. The molecule has 9 nitrogen and oxygen atoms in total. The van der Waals surface area contributed by atoms with Crippen molar-refractivity contribution in [3.05, 3.63) is 15.8 Å². The van der Waals surface area contributed by atoms with E-state index in [4.69, 9.17) is 0 Å². The molecule has 0 atom stereocenters. The highest BCUT2D eigenvalue weighted by Crippen LogP contribution is 2.26. The second-order valence-electron chi connectivity index (χ2n) is 4.19. The minimum Gasteiger partial charge on any atom is -0.363 e. The molecule has 0 saturated heterocycles. The van der Waals surface area contributed by atoms with Gasteiger partial charge in [-0.25, -0.2) is 17.4 Å². The van der Waals surface area contributed by atoms with Crippen molar-refractivity contribution in [2.45, 2.75) is 6.92 Å². The molecule has 1 N–H and O–H groups in total. The summed E-state index contributed by atoms with van der Waals surface area (Å²) in [5.41, 5.74) is 0.148. The number of rotatable bonds is 6. The number of nitro groups is 1. The average Bonchev–Trinajstić information content (AvgIpc) is 2.53. The van der Waals surface area contributed by atoms with Gasteiger partial charge in [-0.1, -0.05) is 0 Å². The van der Waals surface area contributed by atoms with Crippen LogP contribution in [0.4, 0.5) is 11.5 Å². The molecule has 1 heterocycles. The summed E-state index contributed by atoms with van der Waals surface area (Å²) in [6, 6.07) is 0. The summed E-state index contributed by atoms with van der Waals surface area (Å²) in [5, 5.41) is 17.6. The molecular weight excluding hydrogens is 274 g/mol. The number of aryl methyl sites for hydroxylation is 2. The Bertz CT molecular complexity index is 578. The number of anilines is 1. The van der Waals surface area contributed by atoms with E-state index in [1.807, 2.05) is 0 Å². The number of hydrogen-bond acceptors (Lipinski definition) is 6. The number of hydrogen-bond donors (Lipinski definition) is 1. The number of nitrogens with one attached hydrogen (secondary N) is 1. The van der Waals surface area contributed by atoms with Crippen molar-refractivity contribution < 1.29 is 13.3 Å². The molecule has 19 heavy (non-hydrogen) atoms. The minimum absolute atomic E-state index is 0.0698. The van der Waals surface area contributed by atoms with Crippen LogP contribution in [0.5, 0.6) is 0 Å². The Hall–Kier alpha value is -1.68. The molecule has 0 amide bonds. The van der Waals surface area contributed by atoms with Crippen LogP contribution in [0.15, 0.2) is 0 Å². The zero-order valence-electron chi connectivity index (χ0n) is 11.2. The summed E-state index contributed by atoms with van der Waals surface area (Å²) in [5.74, 6) is 0.0536. The van der Waals surface area contributed by atoms with Gasteiger partial charge in [0.25, 0.3) is 0 Å². The van der Waals surface area contributed by atoms with Crippen LogP contribution in [0, 0.1) is 17.0 Å². The number of sulfonamides is 1. The summed E-state index contributed by atoms with van der Waals surface area (Å²) in [6.07, 6.45) is 0. The van der Waals surface area contributed by atoms with Crippen LogP contribution in [-0.2, 0) is 17.1 Å². The largest absolute Gasteiger partial charge is 0.363 e. The predicted molar refractivity (Wildman–Crippen MR) is 70.6 cm³/mol. The third kappa shape index (κ3) is 3.41. The summed E-state index contributed by atoms with van der Waals surface area (Å²) in [4.78, 5) is 10.4. The monoisotopic (exact) mass is 291 g/mol. The fraction of sp³-hybridized carbons (Fsp3) is 0.667. The van der Waals surface area contributed by atoms with Crippen LogP contribution >= 0.6 is 0 Å². The van der Waals surface area contributed by atoms with E-state index in [1.54, 1.807) is 7.05 Å². The quantitative estimate of drug-likeness (QED) is 0.580. The molecular formula is C9H17N5O4S. The highest BCUT2D eigenvalue weighted by molar-refractivity contribution is 7.89. The highest BCUT2D eigenvalue weighted by atomic mass is 32.2. The molecule has 1 aromatic heterocycles. The molecule has 0 fully saturated rings. The average molecular weight is 291 g/mol. The first kappa shape index (κ1) is 15.4. The molecule has 0 unspecified atom stereocenters. The lowest BCUT2D eigenvalue weighted by Crippen LogP contribution is -2.28. The van der Waals surface area contributed by atoms with E-state index in [0.717, 1.165) is 4.31 Å². The first-order valence-corrected chi connectivity index (χ1v) is 7.09. The van der Waals surface area contributed by atoms with Crippen molar-refractivity contribution in [2.75, 3.05) is 31.7 Å². The van der Waals surface area contributed by atoms with Crippen molar-refractivity contribution in [1.82, 2.24) is 14.1 Å². The van der Waals surface area contributed by atoms with Crippen LogP contribution in [0.25, 0.3) is 0 Å². The van der Waals surface area contributed by atoms with Crippen LogP contribution in [0.1, 0.15) is 5.69 Å². The lowest BCUT2D eigenvalue weighted by Gasteiger charge is -2.11. The van der Waals surface area contributed by atoms with E-state index >= 15 is 0 Å². The van der Waals surface area contributed by atoms with Gasteiger partial charge >= 0.3 is 5.69 Å². The molecule has 1 rings (SSSR count). The number of aromatic nitrogens is 2. The standard InChI is InChI=1S/C9H17N5O4S/c1-7-8(14(15)16)9(13(4)11-7)10-5-6-19(17,18)12(2)3/h10H,5-6H2,1-4H3. The van der Waals surface area contributed by atoms with Gasteiger partial charge in [0, 0.05) is 27.7 Å². The van der Waals surface area contributed by atoms with Crippen LogP contribution in [0.3, 0.4) is 0 Å². The van der Waals surface area contributed by atoms with Crippen molar-refractivity contribution in [1.29, 1.82) is 0 Å². The summed E-state index contributed by atoms with van der Waals surface area (Å²) in [7, 11) is 1.10. The smallest absolute Gasteiger partial charge is 0.333 e. The fourth-order valence-electron chi connectivity index (χ4n) is 1.54. The molecule has 0 bridgehead atoms. The SMILES string of the molecule is Cc1nn(C)c(NCCS(=O)(=O)N(C)C)c1[N+](=O)[O-]. The van der Waals surface area contributed by atoms with Gasteiger partial charge in [-0.15, -0.1) is 0 Å². The van der Waals surface area contributed by atoms with Gasteiger partial charge in [0.1, 0.15) is 5.69 Å². The minimum atomic E-state index is -3.34. The Labute approximate surface area is 111 Å². The fourth-order valence-corrected chi connectivity index (χ4v) is 2.27. The molecule has 0 spiro atoms. The van der Waals surface area contributed by atoms with Gasteiger partial charge < -0.3 is 5.32 Å². The third-order valence-corrected chi connectivity index (χ3v) is 4.41. The Morgan fingerprint density at radius 3 is 2.53 bits per heavy atom. The van der Waals surface area contributed by atoms with Crippen molar-refractivity contribution in [2.24, 2.45) is 7.05 Å². The van der Waals surface area contributed by atoms with E-state index in [0.29, 0.717) is 0 Å². The maximum atomic E-state index is 11.6. The molecule has 0 radical (unpaired) electrons. The van der Waals surface area contributed by atoms with Gasteiger partial charge in [0.2, 0.25) is 15.8 Å². The van der Waals surface area contributed by atoms with Gasteiger partial charge in [-0.2, -0.15) is 5.10 Å². The highest BCUT2D eigenvalue weighted by Gasteiger charge is 2.24. The predicted octanol–water partition coefficient (Wildman–Crippen LogP) is -0.0600. The maximum Gasteiger partial charge on any atom is 0.333 e. The Kier molecular flexibility index (Phi) is 4.48.